The quantitative estimate of drug-likeness (QED) is 0.742. The minimum Gasteiger partial charge on any atom is -0.351 e. The van der Waals surface area contributed by atoms with E-state index in [9.17, 15) is 4.79 Å². The molecule has 112 valence electrons. The third-order valence-electron chi connectivity index (χ3n) is 2.78. The van der Waals surface area contributed by atoms with Crippen LogP contribution in [0.3, 0.4) is 0 Å². The predicted octanol–water partition coefficient (Wildman–Crippen LogP) is 4.67. The summed E-state index contributed by atoms with van der Waals surface area (Å²) < 4.78 is 4.90. The maximum atomic E-state index is 12.0. The lowest BCUT2D eigenvalue weighted by Gasteiger charge is -2.01. The highest BCUT2D eigenvalue weighted by Gasteiger charge is 2.15. The molecule has 0 saturated carbocycles. The van der Waals surface area contributed by atoms with Crippen LogP contribution in [0.4, 0.5) is 5.13 Å². The van der Waals surface area contributed by atoms with Gasteiger partial charge in [0, 0.05) is 22.0 Å². The molecule has 0 atom stereocenters. The Kier molecular flexibility index (Phi) is 4.15. The summed E-state index contributed by atoms with van der Waals surface area (Å²) >= 11 is 13.3. The number of benzene rings is 1. The topological polar surface area (TPSA) is 68.0 Å². The molecule has 5 nitrogen and oxygen atoms in total. The molecule has 1 amide bonds. The minimum absolute atomic E-state index is 0.138. The van der Waals surface area contributed by atoms with Gasteiger partial charge in [-0.3, -0.25) is 10.1 Å². The van der Waals surface area contributed by atoms with Gasteiger partial charge in [0.05, 0.1) is 16.4 Å². The second-order valence-corrected chi connectivity index (χ2v) is 6.15. The van der Waals surface area contributed by atoms with Gasteiger partial charge in [0.2, 0.25) is 5.76 Å². The van der Waals surface area contributed by atoms with E-state index in [1.54, 1.807) is 36.6 Å². The van der Waals surface area contributed by atoms with Crippen LogP contribution < -0.4 is 5.32 Å². The minimum atomic E-state index is -0.399. The zero-order chi connectivity index (χ0) is 15.7. The number of carbonyl (C=O) groups is 1. The predicted molar refractivity (Wildman–Crippen MR) is 86.8 cm³/mol. The van der Waals surface area contributed by atoms with Crippen molar-refractivity contribution in [1.82, 2.24) is 10.1 Å². The molecule has 8 heteroatoms. The van der Waals surface area contributed by atoms with Crippen molar-refractivity contribution in [2.45, 2.75) is 6.92 Å². The number of anilines is 1. The molecule has 1 N–H and O–H groups in total. The van der Waals surface area contributed by atoms with Gasteiger partial charge in [-0.05, 0) is 25.1 Å². The van der Waals surface area contributed by atoms with Crippen molar-refractivity contribution >= 4 is 45.6 Å². The highest BCUT2D eigenvalue weighted by Crippen LogP contribution is 2.32. The Balaban J connectivity index is 1.80. The summed E-state index contributed by atoms with van der Waals surface area (Å²) in [7, 11) is 0. The van der Waals surface area contributed by atoms with Crippen molar-refractivity contribution in [3.63, 3.8) is 0 Å². The van der Waals surface area contributed by atoms with Crippen molar-refractivity contribution < 1.29 is 9.32 Å². The van der Waals surface area contributed by atoms with Gasteiger partial charge >= 0.3 is 0 Å². The van der Waals surface area contributed by atoms with E-state index in [1.807, 2.05) is 0 Å². The lowest BCUT2D eigenvalue weighted by atomic mass is 10.2. The van der Waals surface area contributed by atoms with Gasteiger partial charge in [-0.15, -0.1) is 11.3 Å². The third kappa shape index (κ3) is 3.14. The molecule has 0 bridgehead atoms. The summed E-state index contributed by atoms with van der Waals surface area (Å²) in [5, 5.41) is 9.63. The number of hydrogen-bond acceptors (Lipinski definition) is 5. The van der Waals surface area contributed by atoms with Crippen molar-refractivity contribution in [3.8, 4) is 11.3 Å². The number of aromatic nitrogens is 2. The van der Waals surface area contributed by atoms with Crippen molar-refractivity contribution in [3.05, 3.63) is 51.1 Å². The number of aryl methyl sites for hydroxylation is 1. The molecule has 1 aromatic carbocycles. The Morgan fingerprint density at radius 1 is 1.32 bits per heavy atom. The second kappa shape index (κ2) is 6.08. The lowest BCUT2D eigenvalue weighted by molar-refractivity contribution is 0.0988. The third-order valence-corrected chi connectivity index (χ3v) is 4.09. The summed E-state index contributed by atoms with van der Waals surface area (Å²) in [5.74, 6) is -0.262. The van der Waals surface area contributed by atoms with Crippen LogP contribution in [0.2, 0.25) is 10.0 Å². The molecule has 0 saturated heterocycles. The summed E-state index contributed by atoms with van der Waals surface area (Å²) in [5.41, 5.74) is 2.05. The van der Waals surface area contributed by atoms with E-state index in [2.05, 4.69) is 15.5 Å². The molecular weight excluding hydrogens is 345 g/mol. The number of carbonyl (C=O) groups excluding carboxylic acids is 1. The van der Waals surface area contributed by atoms with Gasteiger partial charge in [0.25, 0.3) is 5.91 Å². The summed E-state index contributed by atoms with van der Waals surface area (Å²) in [6.45, 7) is 1.74. The normalized spacial score (nSPS) is 10.7. The van der Waals surface area contributed by atoms with Crippen LogP contribution >= 0.6 is 34.5 Å². The van der Waals surface area contributed by atoms with Crippen LogP contribution in [0.5, 0.6) is 0 Å². The SMILES string of the molecule is Cc1cc(C(=O)Nc2nc(-c3ccc(Cl)cc3Cl)cs2)on1. The molecule has 2 aromatic heterocycles. The number of halogens is 2. The number of rotatable bonds is 3. The molecule has 0 spiro atoms. The van der Waals surface area contributed by atoms with Crippen LogP contribution in [-0.2, 0) is 0 Å². The zero-order valence-corrected chi connectivity index (χ0v) is 13.6. The highest BCUT2D eigenvalue weighted by molar-refractivity contribution is 7.14. The molecule has 0 fully saturated rings. The van der Waals surface area contributed by atoms with Gasteiger partial charge in [0.1, 0.15) is 0 Å². The molecule has 3 aromatic rings. The molecule has 0 unspecified atom stereocenters. The van der Waals surface area contributed by atoms with Crippen LogP contribution in [0.15, 0.2) is 34.2 Å². The average molecular weight is 354 g/mol. The Hall–Kier alpha value is -1.89. The van der Waals surface area contributed by atoms with Crippen LogP contribution in [-0.4, -0.2) is 16.0 Å². The number of amides is 1. The standard InChI is InChI=1S/C14H9Cl2N3O2S/c1-7-4-12(21-19-7)13(20)18-14-17-11(6-22-14)9-3-2-8(15)5-10(9)16/h2-6H,1H3,(H,17,18,20). The molecule has 2 heterocycles. The van der Waals surface area contributed by atoms with Gasteiger partial charge < -0.3 is 4.52 Å². The largest absolute Gasteiger partial charge is 0.351 e. The van der Waals surface area contributed by atoms with Gasteiger partial charge in [-0.1, -0.05) is 28.4 Å². The summed E-state index contributed by atoms with van der Waals surface area (Å²) in [6, 6.07) is 6.72. The monoisotopic (exact) mass is 353 g/mol. The molecule has 0 aliphatic carbocycles. The molecular formula is C14H9Cl2N3O2S. The first kappa shape index (κ1) is 15.0. The molecule has 0 radical (unpaired) electrons. The fourth-order valence-corrected chi connectivity index (χ4v) is 2.99. The van der Waals surface area contributed by atoms with E-state index in [4.69, 9.17) is 27.7 Å². The number of hydrogen-bond donors (Lipinski definition) is 1. The smallest absolute Gasteiger partial charge is 0.296 e. The Morgan fingerprint density at radius 3 is 2.82 bits per heavy atom. The Morgan fingerprint density at radius 2 is 2.14 bits per heavy atom. The lowest BCUT2D eigenvalue weighted by Crippen LogP contribution is -2.10. The maximum absolute atomic E-state index is 12.0. The number of thiazole rings is 1. The Bertz CT molecular complexity index is 844. The first-order valence-electron chi connectivity index (χ1n) is 6.18. The van der Waals surface area contributed by atoms with Crippen LogP contribution in [0.1, 0.15) is 16.2 Å². The highest BCUT2D eigenvalue weighted by atomic mass is 35.5. The van der Waals surface area contributed by atoms with E-state index in [1.165, 1.54) is 11.3 Å². The van der Waals surface area contributed by atoms with Crippen molar-refractivity contribution in [1.29, 1.82) is 0 Å². The molecule has 0 aliphatic rings. The van der Waals surface area contributed by atoms with Crippen molar-refractivity contribution in [2.75, 3.05) is 5.32 Å². The van der Waals surface area contributed by atoms with E-state index in [-0.39, 0.29) is 5.76 Å². The van der Waals surface area contributed by atoms with Gasteiger partial charge in [-0.2, -0.15) is 0 Å². The Labute approximate surface area is 139 Å². The average Bonchev–Trinajstić information content (AvgIpc) is 3.08. The fourth-order valence-electron chi connectivity index (χ4n) is 1.78. The van der Waals surface area contributed by atoms with Crippen LogP contribution in [0.25, 0.3) is 11.3 Å². The van der Waals surface area contributed by atoms with E-state index in [0.29, 0.717) is 26.6 Å². The van der Waals surface area contributed by atoms with Gasteiger partial charge in [-0.25, -0.2) is 4.98 Å². The van der Waals surface area contributed by atoms with Gasteiger partial charge in [0.15, 0.2) is 5.13 Å². The molecule has 22 heavy (non-hydrogen) atoms. The van der Waals surface area contributed by atoms with E-state index >= 15 is 0 Å². The zero-order valence-electron chi connectivity index (χ0n) is 11.3. The number of nitrogens with zero attached hydrogens (tertiary/aromatic N) is 2. The molecule has 3 rings (SSSR count). The van der Waals surface area contributed by atoms with E-state index < -0.39 is 5.91 Å². The summed E-state index contributed by atoms with van der Waals surface area (Å²) in [6.07, 6.45) is 0. The maximum Gasteiger partial charge on any atom is 0.296 e. The number of nitrogens with one attached hydrogen (secondary N) is 1. The molecule has 0 aliphatic heterocycles. The van der Waals surface area contributed by atoms with E-state index in [0.717, 1.165) is 5.56 Å². The first-order chi connectivity index (χ1) is 10.5. The van der Waals surface area contributed by atoms with Crippen LogP contribution in [0, 0.1) is 6.92 Å². The first-order valence-corrected chi connectivity index (χ1v) is 7.82. The fraction of sp³-hybridized carbons (Fsp3) is 0.0714. The summed E-state index contributed by atoms with van der Waals surface area (Å²) in [4.78, 5) is 16.3. The van der Waals surface area contributed by atoms with Crippen molar-refractivity contribution in [2.24, 2.45) is 0 Å². The second-order valence-electron chi connectivity index (χ2n) is 4.45.